The Kier molecular flexibility index (Phi) is 2.57. The summed E-state index contributed by atoms with van der Waals surface area (Å²) in [7, 11) is 1.60. The average molecular weight is 293 g/mol. The third-order valence-electron chi connectivity index (χ3n) is 4.96. The lowest BCUT2D eigenvalue weighted by atomic mass is 9.77. The van der Waals surface area contributed by atoms with E-state index in [0.29, 0.717) is 23.1 Å². The van der Waals surface area contributed by atoms with Gasteiger partial charge in [-0.15, -0.1) is 0 Å². The van der Waals surface area contributed by atoms with Crippen molar-refractivity contribution in [1.29, 1.82) is 0 Å². The molecule has 0 aromatic heterocycles. The number of hydrogen-bond donors (Lipinski definition) is 1. The zero-order chi connectivity index (χ0) is 15.5. The van der Waals surface area contributed by atoms with Gasteiger partial charge in [0.15, 0.2) is 5.78 Å². The Bertz CT molecular complexity index is 813. The van der Waals surface area contributed by atoms with Crippen LogP contribution in [0.2, 0.25) is 0 Å². The number of Topliss-reactive ketones (excluding diaryl/α,β-unsaturated/α-hetero) is 1. The van der Waals surface area contributed by atoms with Crippen LogP contribution in [0.3, 0.4) is 0 Å². The number of nitrogens with zero attached hydrogens (tertiary/aromatic N) is 1. The molecule has 4 nitrogen and oxygen atoms in total. The lowest BCUT2D eigenvalue weighted by molar-refractivity contribution is -0.00846. The Hall–Kier alpha value is -2.46. The molecule has 0 unspecified atom stereocenters. The van der Waals surface area contributed by atoms with Gasteiger partial charge in [0.05, 0.1) is 0 Å². The fourth-order valence-electron chi connectivity index (χ4n) is 3.72. The lowest BCUT2D eigenvalue weighted by Crippen LogP contribution is -2.60. The molecule has 0 fully saturated rings. The van der Waals surface area contributed by atoms with Crippen LogP contribution in [0.15, 0.2) is 48.5 Å². The van der Waals surface area contributed by atoms with Crippen molar-refractivity contribution in [2.45, 2.75) is 18.1 Å². The Morgan fingerprint density at radius 2 is 1.68 bits per heavy atom. The molecule has 1 aliphatic carbocycles. The van der Waals surface area contributed by atoms with Crippen molar-refractivity contribution in [3.8, 4) is 0 Å². The van der Waals surface area contributed by atoms with Crippen molar-refractivity contribution >= 4 is 11.7 Å². The zero-order valence-corrected chi connectivity index (χ0v) is 12.1. The maximum Gasteiger partial charge on any atom is 0.254 e. The van der Waals surface area contributed by atoms with E-state index < -0.39 is 11.6 Å². The second-order valence-electron chi connectivity index (χ2n) is 5.94. The van der Waals surface area contributed by atoms with Crippen LogP contribution < -0.4 is 0 Å². The smallest absolute Gasteiger partial charge is 0.254 e. The van der Waals surface area contributed by atoms with Crippen LogP contribution in [0.4, 0.5) is 0 Å². The van der Waals surface area contributed by atoms with Crippen molar-refractivity contribution in [2.75, 3.05) is 7.05 Å². The van der Waals surface area contributed by atoms with Crippen molar-refractivity contribution < 1.29 is 14.7 Å². The highest BCUT2D eigenvalue weighted by atomic mass is 16.3. The Morgan fingerprint density at radius 3 is 2.41 bits per heavy atom. The monoisotopic (exact) mass is 293 g/mol. The fraction of sp³-hybridized carbons (Fsp3) is 0.222. The van der Waals surface area contributed by atoms with E-state index in [0.717, 1.165) is 5.56 Å². The summed E-state index contributed by atoms with van der Waals surface area (Å²) in [4.78, 5) is 27.1. The highest BCUT2D eigenvalue weighted by molar-refractivity contribution is 6.12. The molecule has 22 heavy (non-hydrogen) atoms. The van der Waals surface area contributed by atoms with E-state index in [4.69, 9.17) is 0 Å². The van der Waals surface area contributed by atoms with Crippen LogP contribution >= 0.6 is 0 Å². The minimum absolute atomic E-state index is 0.180. The molecule has 4 heteroatoms. The first-order valence-corrected chi connectivity index (χ1v) is 7.25. The van der Waals surface area contributed by atoms with E-state index in [-0.39, 0.29) is 11.7 Å². The van der Waals surface area contributed by atoms with Crippen molar-refractivity contribution in [3.63, 3.8) is 0 Å². The summed E-state index contributed by atoms with van der Waals surface area (Å²) >= 11 is 0. The van der Waals surface area contributed by atoms with E-state index in [1.54, 1.807) is 43.4 Å². The van der Waals surface area contributed by atoms with Gasteiger partial charge in [-0.25, -0.2) is 0 Å². The predicted molar refractivity (Wildman–Crippen MR) is 80.7 cm³/mol. The van der Waals surface area contributed by atoms with E-state index in [2.05, 4.69) is 0 Å². The summed E-state index contributed by atoms with van der Waals surface area (Å²) in [6, 6.07) is 14.3. The Labute approximate surface area is 128 Å². The van der Waals surface area contributed by atoms with Crippen LogP contribution in [0.5, 0.6) is 0 Å². The van der Waals surface area contributed by atoms with Gasteiger partial charge in [-0.3, -0.25) is 9.59 Å². The topological polar surface area (TPSA) is 57.6 Å². The maximum absolute atomic E-state index is 13.0. The van der Waals surface area contributed by atoms with Crippen molar-refractivity contribution in [1.82, 2.24) is 4.90 Å². The number of fused-ring (bicyclic) bond motifs is 2. The van der Waals surface area contributed by atoms with Gasteiger partial charge in [0.2, 0.25) is 0 Å². The minimum Gasteiger partial charge on any atom is -0.385 e. The number of aliphatic hydroxyl groups is 1. The second-order valence-corrected chi connectivity index (χ2v) is 5.94. The van der Waals surface area contributed by atoms with Gasteiger partial charge >= 0.3 is 0 Å². The Balaban J connectivity index is 1.94. The summed E-state index contributed by atoms with van der Waals surface area (Å²) in [5.41, 5.74) is 1.25. The van der Waals surface area contributed by atoms with E-state index in [1.807, 2.05) is 12.1 Å². The molecule has 0 bridgehead atoms. The first-order valence-electron chi connectivity index (χ1n) is 7.25. The number of ketones is 1. The molecular formula is C18H15NO3. The number of hydrogen-bond acceptors (Lipinski definition) is 3. The van der Waals surface area contributed by atoms with Gasteiger partial charge < -0.3 is 10.0 Å². The van der Waals surface area contributed by atoms with Crippen molar-refractivity contribution in [3.05, 3.63) is 70.8 Å². The first kappa shape index (κ1) is 13.2. The third kappa shape index (κ3) is 1.40. The minimum atomic E-state index is -1.23. The molecule has 2 aromatic rings. The summed E-state index contributed by atoms with van der Waals surface area (Å²) in [5.74, 6) is -0.400. The third-order valence-corrected chi connectivity index (χ3v) is 4.96. The second kappa shape index (κ2) is 4.27. The number of amides is 1. The van der Waals surface area contributed by atoms with Gasteiger partial charge in [0.25, 0.3) is 5.91 Å². The molecule has 2 aromatic carbocycles. The molecule has 1 spiro atoms. The van der Waals surface area contributed by atoms with Crippen LogP contribution in [-0.4, -0.2) is 34.3 Å². The number of carbonyl (C=O) groups is 2. The highest BCUT2D eigenvalue weighted by Crippen LogP contribution is 2.46. The number of benzene rings is 2. The number of aliphatic hydroxyl groups excluding tert-OH is 1. The molecule has 2 atom stereocenters. The van der Waals surface area contributed by atoms with Crippen LogP contribution in [0.1, 0.15) is 37.9 Å². The zero-order valence-electron chi connectivity index (χ0n) is 12.1. The Morgan fingerprint density at radius 1 is 1.05 bits per heavy atom. The van der Waals surface area contributed by atoms with Gasteiger partial charge in [0.1, 0.15) is 11.6 Å². The molecule has 1 N–H and O–H groups in total. The summed E-state index contributed by atoms with van der Waals surface area (Å²) in [6.07, 6.45) is -0.675. The molecule has 1 heterocycles. The largest absolute Gasteiger partial charge is 0.385 e. The van der Waals surface area contributed by atoms with Crippen molar-refractivity contribution in [2.24, 2.45) is 0 Å². The quantitative estimate of drug-likeness (QED) is 0.808. The molecule has 1 amide bonds. The van der Waals surface area contributed by atoms with Gasteiger partial charge in [0, 0.05) is 24.6 Å². The van der Waals surface area contributed by atoms with Gasteiger partial charge in [-0.05, 0) is 17.2 Å². The predicted octanol–water partition coefficient (Wildman–Crippen LogP) is 1.98. The van der Waals surface area contributed by atoms with E-state index in [1.165, 1.54) is 4.90 Å². The van der Waals surface area contributed by atoms with Crippen LogP contribution in [0.25, 0.3) is 0 Å². The standard InChI is InChI=1S/C18H15NO3/c1-19-17(22)14-9-5-4-8-13(14)16(21)18(19)10-11-6-2-3-7-12(11)15(18)20/h2-9,16,21H,10H2,1H3/t16-,18+/m1/s1. The van der Waals surface area contributed by atoms with E-state index >= 15 is 0 Å². The average Bonchev–Trinajstić information content (AvgIpc) is 2.86. The molecule has 4 rings (SSSR count). The number of rotatable bonds is 0. The number of carbonyl (C=O) groups excluding carboxylic acids is 2. The molecule has 1 aliphatic heterocycles. The number of likely N-dealkylation sites (N-methyl/N-ethyl adjacent to an activating group) is 1. The summed E-state index contributed by atoms with van der Waals surface area (Å²) < 4.78 is 0. The van der Waals surface area contributed by atoms with Crippen LogP contribution in [0, 0.1) is 0 Å². The molecule has 0 radical (unpaired) electrons. The highest BCUT2D eigenvalue weighted by Gasteiger charge is 2.58. The molecule has 0 saturated carbocycles. The molecular weight excluding hydrogens is 278 g/mol. The lowest BCUT2D eigenvalue weighted by Gasteiger charge is -2.45. The fourth-order valence-corrected chi connectivity index (χ4v) is 3.72. The summed E-state index contributed by atoms with van der Waals surface area (Å²) in [5, 5.41) is 10.9. The summed E-state index contributed by atoms with van der Waals surface area (Å²) in [6.45, 7) is 0. The molecule has 110 valence electrons. The van der Waals surface area contributed by atoms with Gasteiger partial charge in [-0.1, -0.05) is 42.5 Å². The molecule has 0 saturated heterocycles. The first-order chi connectivity index (χ1) is 10.6. The molecule has 2 aliphatic rings. The van der Waals surface area contributed by atoms with E-state index in [9.17, 15) is 14.7 Å². The normalized spacial score (nSPS) is 26.3. The maximum atomic E-state index is 13.0. The van der Waals surface area contributed by atoms with Gasteiger partial charge in [-0.2, -0.15) is 0 Å². The van der Waals surface area contributed by atoms with Crippen LogP contribution in [-0.2, 0) is 6.42 Å². The SMILES string of the molecule is CN1C(=O)c2ccccc2[C@@H](O)[C@@]12Cc1ccccc1C2=O.